The van der Waals surface area contributed by atoms with Crippen LogP contribution in [0.15, 0.2) is 41.3 Å². The van der Waals surface area contributed by atoms with Crippen LogP contribution in [-0.2, 0) is 0 Å². The van der Waals surface area contributed by atoms with E-state index < -0.39 is 0 Å². The average molecular weight is 468 g/mol. The Kier molecular flexibility index (Phi) is 7.23. The Hall–Kier alpha value is -2.60. The third kappa shape index (κ3) is 5.01. The highest BCUT2D eigenvalue weighted by molar-refractivity contribution is 6.32. The van der Waals surface area contributed by atoms with E-state index >= 15 is 0 Å². The molecule has 0 bridgehead atoms. The smallest absolute Gasteiger partial charge is 0.334 e. The molecule has 1 aliphatic carbocycles. The second kappa shape index (κ2) is 10.1. The van der Waals surface area contributed by atoms with Crippen molar-refractivity contribution in [3.63, 3.8) is 0 Å². The number of aromatic nitrogens is 4. The van der Waals surface area contributed by atoms with E-state index in [0.717, 1.165) is 30.0 Å². The maximum Gasteiger partial charge on any atom is 0.334 e. The lowest BCUT2D eigenvalue weighted by Crippen LogP contribution is -2.27. The van der Waals surface area contributed by atoms with Gasteiger partial charge in [-0.25, -0.2) is 14.8 Å². The van der Waals surface area contributed by atoms with E-state index in [4.69, 9.17) is 16.6 Å². The molecule has 176 valence electrons. The summed E-state index contributed by atoms with van der Waals surface area (Å²) < 4.78 is 3.28. The van der Waals surface area contributed by atoms with E-state index in [1.807, 2.05) is 51.1 Å². The fourth-order valence-corrected chi connectivity index (χ4v) is 5.36. The van der Waals surface area contributed by atoms with Crippen LogP contribution in [0.1, 0.15) is 70.9 Å². The molecule has 1 saturated carbocycles. The maximum absolute atomic E-state index is 13.4. The monoisotopic (exact) mass is 467 g/mol. The van der Waals surface area contributed by atoms with E-state index in [1.54, 1.807) is 15.3 Å². The first kappa shape index (κ1) is 23.6. The van der Waals surface area contributed by atoms with Gasteiger partial charge in [0.2, 0.25) is 5.95 Å². The Morgan fingerprint density at radius 1 is 1.18 bits per heavy atom. The third-order valence-electron chi connectivity index (χ3n) is 6.58. The number of benzene rings is 1. The number of nitrogens with one attached hydrogen (secondary N) is 1. The van der Waals surface area contributed by atoms with Gasteiger partial charge < -0.3 is 5.32 Å². The largest absolute Gasteiger partial charge is 0.351 e. The Morgan fingerprint density at radius 2 is 1.94 bits per heavy atom. The van der Waals surface area contributed by atoms with Crippen molar-refractivity contribution in [1.29, 1.82) is 0 Å². The molecule has 2 aromatic heterocycles. The standard InChI is InChI=1S/C26H34ClN5O/c1-5-7-19-10-12-20(13-11-19)29-25-28-15-14-22(30-25)23-24(27)31(17(2)3)26(33)32(23)21-9-6-8-18(4)16-21/h6,8-9,14-17,19-20H,5,7,10-13H2,1-4H3,(H,28,29,30)/t19-,20-. The van der Waals surface area contributed by atoms with Gasteiger partial charge in [0.05, 0.1) is 11.4 Å². The Balaban J connectivity index is 1.70. The molecule has 0 radical (unpaired) electrons. The minimum absolute atomic E-state index is 0.0763. The highest BCUT2D eigenvalue weighted by atomic mass is 35.5. The van der Waals surface area contributed by atoms with Gasteiger partial charge >= 0.3 is 5.69 Å². The lowest BCUT2D eigenvalue weighted by atomic mass is 9.83. The molecule has 1 fully saturated rings. The molecular weight excluding hydrogens is 434 g/mol. The summed E-state index contributed by atoms with van der Waals surface area (Å²) >= 11 is 6.81. The van der Waals surface area contributed by atoms with Crippen LogP contribution in [0.4, 0.5) is 5.95 Å². The number of hydrogen-bond acceptors (Lipinski definition) is 4. The number of hydrogen-bond donors (Lipinski definition) is 1. The molecule has 6 nitrogen and oxygen atoms in total. The van der Waals surface area contributed by atoms with Crippen molar-refractivity contribution in [2.45, 2.75) is 78.3 Å². The van der Waals surface area contributed by atoms with E-state index in [0.29, 0.717) is 28.5 Å². The molecule has 1 aromatic carbocycles. The van der Waals surface area contributed by atoms with Gasteiger partial charge in [-0.3, -0.25) is 9.13 Å². The zero-order valence-corrected chi connectivity index (χ0v) is 20.8. The van der Waals surface area contributed by atoms with Gasteiger partial charge in [-0.15, -0.1) is 0 Å². The first-order valence-corrected chi connectivity index (χ1v) is 12.5. The molecular formula is C26H34ClN5O. The van der Waals surface area contributed by atoms with Gasteiger partial charge in [0.25, 0.3) is 0 Å². The summed E-state index contributed by atoms with van der Waals surface area (Å²) in [6, 6.07) is 9.99. The molecule has 2 heterocycles. The summed E-state index contributed by atoms with van der Waals surface area (Å²) in [5.41, 5.74) is 2.91. The second-order valence-corrected chi connectivity index (χ2v) is 9.83. The van der Waals surface area contributed by atoms with Gasteiger partial charge in [-0.1, -0.05) is 43.5 Å². The Labute approximate surface area is 201 Å². The number of anilines is 1. The highest BCUT2D eigenvalue weighted by Crippen LogP contribution is 2.32. The van der Waals surface area contributed by atoms with E-state index in [9.17, 15) is 4.79 Å². The summed E-state index contributed by atoms with van der Waals surface area (Å²) in [5.74, 6) is 1.43. The van der Waals surface area contributed by atoms with Crippen molar-refractivity contribution < 1.29 is 0 Å². The van der Waals surface area contributed by atoms with Crippen LogP contribution in [0.5, 0.6) is 0 Å². The molecule has 0 amide bonds. The van der Waals surface area contributed by atoms with Crippen LogP contribution in [0.2, 0.25) is 5.15 Å². The fourth-order valence-electron chi connectivity index (χ4n) is 4.91. The number of nitrogens with zero attached hydrogens (tertiary/aromatic N) is 4. The summed E-state index contributed by atoms with van der Waals surface area (Å²) in [6.45, 7) is 8.19. The first-order chi connectivity index (χ1) is 15.9. The van der Waals surface area contributed by atoms with Crippen molar-refractivity contribution in [3.05, 3.63) is 57.7 Å². The third-order valence-corrected chi connectivity index (χ3v) is 6.94. The minimum Gasteiger partial charge on any atom is -0.351 e. The molecule has 3 aromatic rings. The summed E-state index contributed by atoms with van der Waals surface area (Å²) in [5, 5.41) is 3.92. The van der Waals surface area contributed by atoms with Gasteiger partial charge in [0, 0.05) is 18.3 Å². The van der Waals surface area contributed by atoms with Gasteiger partial charge in [-0.2, -0.15) is 0 Å². The summed E-state index contributed by atoms with van der Waals surface area (Å²) in [7, 11) is 0. The lowest BCUT2D eigenvalue weighted by Gasteiger charge is -2.29. The molecule has 0 saturated heterocycles. The highest BCUT2D eigenvalue weighted by Gasteiger charge is 2.25. The number of halogens is 1. The Morgan fingerprint density at radius 3 is 2.61 bits per heavy atom. The number of imidazole rings is 1. The molecule has 7 heteroatoms. The summed E-state index contributed by atoms with van der Waals surface area (Å²) in [6.07, 6.45) is 9.09. The van der Waals surface area contributed by atoms with E-state index in [1.165, 1.54) is 25.7 Å². The molecule has 1 N–H and O–H groups in total. The topological polar surface area (TPSA) is 64.7 Å². The van der Waals surface area contributed by atoms with Crippen LogP contribution in [0.3, 0.4) is 0 Å². The van der Waals surface area contributed by atoms with Crippen LogP contribution < -0.4 is 11.0 Å². The van der Waals surface area contributed by atoms with Crippen LogP contribution in [0, 0.1) is 12.8 Å². The molecule has 0 unspecified atom stereocenters. The van der Waals surface area contributed by atoms with Crippen molar-refractivity contribution in [1.82, 2.24) is 19.1 Å². The molecule has 0 atom stereocenters. The normalized spacial score (nSPS) is 18.6. The van der Waals surface area contributed by atoms with Crippen molar-refractivity contribution in [2.75, 3.05) is 5.32 Å². The quantitative estimate of drug-likeness (QED) is 0.436. The van der Waals surface area contributed by atoms with E-state index in [2.05, 4.69) is 17.2 Å². The van der Waals surface area contributed by atoms with Crippen LogP contribution in [-0.4, -0.2) is 25.1 Å². The van der Waals surface area contributed by atoms with Crippen molar-refractivity contribution in [3.8, 4) is 17.1 Å². The van der Waals surface area contributed by atoms with Gasteiger partial charge in [-0.05, 0) is 76.1 Å². The van der Waals surface area contributed by atoms with Crippen molar-refractivity contribution >= 4 is 17.5 Å². The Bertz CT molecular complexity index is 1160. The van der Waals surface area contributed by atoms with Crippen molar-refractivity contribution in [2.24, 2.45) is 5.92 Å². The molecule has 0 spiro atoms. The minimum atomic E-state index is -0.169. The summed E-state index contributed by atoms with van der Waals surface area (Å²) in [4.78, 5) is 22.7. The van der Waals surface area contributed by atoms with Gasteiger partial charge in [0.1, 0.15) is 10.8 Å². The second-order valence-electron chi connectivity index (χ2n) is 9.48. The molecule has 1 aliphatic rings. The zero-order chi connectivity index (χ0) is 23.5. The maximum atomic E-state index is 13.4. The predicted molar refractivity (Wildman–Crippen MR) is 135 cm³/mol. The van der Waals surface area contributed by atoms with Gasteiger partial charge in [0.15, 0.2) is 0 Å². The predicted octanol–water partition coefficient (Wildman–Crippen LogP) is 6.41. The molecule has 33 heavy (non-hydrogen) atoms. The van der Waals surface area contributed by atoms with Crippen LogP contribution >= 0.6 is 11.6 Å². The first-order valence-electron chi connectivity index (χ1n) is 12.1. The lowest BCUT2D eigenvalue weighted by molar-refractivity contribution is 0.318. The SMILES string of the molecule is CCC[C@H]1CC[C@H](Nc2nccc(-c3c(Cl)n(C(C)C)c(=O)n3-c3cccc(C)c3)n2)CC1. The molecule has 4 rings (SSSR count). The number of rotatable bonds is 7. The zero-order valence-electron chi connectivity index (χ0n) is 20.0. The molecule has 0 aliphatic heterocycles. The van der Waals surface area contributed by atoms with Crippen LogP contribution in [0.25, 0.3) is 17.1 Å². The van der Waals surface area contributed by atoms with E-state index in [-0.39, 0.29) is 11.7 Å². The fraction of sp³-hybridized carbons (Fsp3) is 0.500. The number of aryl methyl sites for hydroxylation is 1. The average Bonchev–Trinajstić information content (AvgIpc) is 3.05.